The lowest BCUT2D eigenvalue weighted by molar-refractivity contribution is -0.142. The Morgan fingerprint density at radius 1 is 0.794 bits per heavy atom. The quantitative estimate of drug-likeness (QED) is 0.208. The van der Waals surface area contributed by atoms with Crippen LogP contribution in [0, 0.1) is 0 Å². The first-order valence-corrected chi connectivity index (χ1v) is 10.1. The van der Waals surface area contributed by atoms with Gasteiger partial charge in [0, 0.05) is 0 Å². The number of phenolic OH excluding ortho intramolecular Hbond substituents is 1. The van der Waals surface area contributed by atoms with Gasteiger partial charge in [-0.05, 0) is 47.5 Å². The zero-order valence-corrected chi connectivity index (χ0v) is 18.6. The number of aliphatic carboxylic acids is 1. The van der Waals surface area contributed by atoms with Gasteiger partial charge in [0.1, 0.15) is 0 Å². The van der Waals surface area contributed by atoms with Gasteiger partial charge >= 0.3 is 11.9 Å². The average Bonchev–Trinajstić information content (AvgIpc) is 2.81. The lowest BCUT2D eigenvalue weighted by Crippen LogP contribution is -2.10. The summed E-state index contributed by atoms with van der Waals surface area (Å²) in [7, 11) is 2.79. The number of benzene rings is 2. The van der Waals surface area contributed by atoms with E-state index in [2.05, 4.69) is 0 Å². The smallest absolute Gasteiger partial charge is 0.311 e. The summed E-state index contributed by atoms with van der Waals surface area (Å²) in [6, 6.07) is 9.16. The number of esters is 1. The van der Waals surface area contributed by atoms with Crippen molar-refractivity contribution in [3.8, 4) is 23.0 Å². The van der Waals surface area contributed by atoms with E-state index >= 15 is 0 Å². The summed E-state index contributed by atoms with van der Waals surface area (Å²) in [6.07, 6.45) is 4.57. The van der Waals surface area contributed by atoms with E-state index in [0.717, 1.165) is 0 Å². The van der Waals surface area contributed by atoms with Crippen LogP contribution in [-0.4, -0.2) is 47.9 Å². The van der Waals surface area contributed by atoms with Gasteiger partial charge in [-0.2, -0.15) is 0 Å². The molecule has 0 bridgehead atoms. The molecule has 2 aromatic rings. The molecule has 0 unspecified atom stereocenters. The van der Waals surface area contributed by atoms with E-state index in [4.69, 9.17) is 19.3 Å². The predicted octanol–water partition coefficient (Wildman–Crippen LogP) is 3.43. The van der Waals surface area contributed by atoms with Crippen molar-refractivity contribution in [3.05, 3.63) is 59.7 Å². The van der Waals surface area contributed by atoms with Gasteiger partial charge in [0.15, 0.2) is 34.6 Å². The highest BCUT2D eigenvalue weighted by Crippen LogP contribution is 2.29. The number of phenols is 1. The molecule has 0 aromatic heterocycles. The molecule has 0 saturated carbocycles. The van der Waals surface area contributed by atoms with Crippen molar-refractivity contribution < 1.29 is 43.6 Å². The molecule has 9 heteroatoms. The second-order valence-electron chi connectivity index (χ2n) is 6.99. The molecule has 0 spiro atoms. The van der Waals surface area contributed by atoms with E-state index in [9.17, 15) is 24.3 Å². The number of ketones is 2. The highest BCUT2D eigenvalue weighted by atomic mass is 16.6. The number of hydrogen-bond acceptors (Lipinski definition) is 8. The van der Waals surface area contributed by atoms with Gasteiger partial charge in [-0.25, -0.2) is 0 Å². The van der Waals surface area contributed by atoms with Crippen LogP contribution in [-0.2, 0) is 19.2 Å². The Morgan fingerprint density at radius 2 is 1.35 bits per heavy atom. The van der Waals surface area contributed by atoms with E-state index in [1.54, 1.807) is 18.2 Å². The standard InChI is InChI=1S/C25H24O9/c1-32-22-13-16(5-9-20(22)28)3-7-18(26)15-19(27)8-4-17-6-10-21(23(14-17)33-2)34-25(31)12-11-24(29)30/h3-10,13-14,28H,11-12,15H2,1-2H3,(H,29,30)/b7-3+,8-4+. The molecule has 0 amide bonds. The summed E-state index contributed by atoms with van der Waals surface area (Å²) in [5.41, 5.74) is 1.19. The number of hydrogen-bond donors (Lipinski definition) is 2. The maximum Gasteiger partial charge on any atom is 0.311 e. The van der Waals surface area contributed by atoms with Gasteiger partial charge in [-0.15, -0.1) is 0 Å². The molecule has 0 saturated heterocycles. The maximum absolute atomic E-state index is 12.1. The molecule has 178 valence electrons. The fourth-order valence-electron chi connectivity index (χ4n) is 2.72. The van der Waals surface area contributed by atoms with Gasteiger partial charge in [-0.1, -0.05) is 24.3 Å². The average molecular weight is 468 g/mol. The molecule has 0 aliphatic rings. The summed E-state index contributed by atoms with van der Waals surface area (Å²) in [5, 5.41) is 18.2. The van der Waals surface area contributed by atoms with E-state index in [1.807, 2.05) is 0 Å². The van der Waals surface area contributed by atoms with Gasteiger partial charge in [0.05, 0.1) is 33.5 Å². The van der Waals surface area contributed by atoms with Gasteiger partial charge < -0.3 is 24.4 Å². The molecule has 34 heavy (non-hydrogen) atoms. The van der Waals surface area contributed by atoms with Crippen LogP contribution in [0.2, 0.25) is 0 Å². The molecule has 2 rings (SSSR count). The van der Waals surface area contributed by atoms with Crippen LogP contribution in [0.15, 0.2) is 48.6 Å². The SMILES string of the molecule is COc1cc(/C=C/C(=O)CC(=O)/C=C/c2ccc(OC(=O)CCC(=O)O)c(OC)c2)ccc1O. The lowest BCUT2D eigenvalue weighted by atomic mass is 10.1. The minimum absolute atomic E-state index is 0.0210. The molecule has 9 nitrogen and oxygen atoms in total. The van der Waals surface area contributed by atoms with Gasteiger partial charge in [0.2, 0.25) is 0 Å². The van der Waals surface area contributed by atoms with Crippen LogP contribution in [0.5, 0.6) is 23.0 Å². The minimum atomic E-state index is -1.11. The monoisotopic (exact) mass is 468 g/mol. The number of aromatic hydroxyl groups is 1. The van der Waals surface area contributed by atoms with Crippen LogP contribution < -0.4 is 14.2 Å². The summed E-state index contributed by atoms with van der Waals surface area (Å²) in [5.74, 6) is -2.05. The molecule has 0 atom stereocenters. The van der Waals surface area contributed by atoms with Crippen LogP contribution in [0.4, 0.5) is 0 Å². The Hall–Kier alpha value is -4.40. The number of methoxy groups -OCH3 is 2. The highest BCUT2D eigenvalue weighted by Gasteiger charge is 2.12. The first-order chi connectivity index (χ1) is 16.2. The van der Waals surface area contributed by atoms with Crippen LogP contribution in [0.1, 0.15) is 30.4 Å². The number of rotatable bonds is 12. The minimum Gasteiger partial charge on any atom is -0.504 e. The maximum atomic E-state index is 12.1. The first-order valence-electron chi connectivity index (χ1n) is 10.1. The molecule has 0 aliphatic carbocycles. The number of allylic oxidation sites excluding steroid dienone is 2. The van der Waals surface area contributed by atoms with E-state index < -0.39 is 23.5 Å². The normalized spacial score (nSPS) is 10.9. The molecule has 2 N–H and O–H groups in total. The third-order valence-corrected chi connectivity index (χ3v) is 4.43. The second-order valence-corrected chi connectivity index (χ2v) is 6.99. The zero-order valence-electron chi connectivity index (χ0n) is 18.6. The largest absolute Gasteiger partial charge is 0.504 e. The molecular formula is C25H24O9. The van der Waals surface area contributed by atoms with Crippen molar-refractivity contribution in [2.24, 2.45) is 0 Å². The van der Waals surface area contributed by atoms with E-state index in [-0.39, 0.29) is 42.3 Å². The highest BCUT2D eigenvalue weighted by molar-refractivity contribution is 6.10. The first kappa shape index (κ1) is 25.9. The fraction of sp³-hybridized carbons (Fsp3) is 0.200. The Labute approximate surface area is 195 Å². The zero-order chi connectivity index (χ0) is 25.1. The predicted molar refractivity (Wildman–Crippen MR) is 123 cm³/mol. The van der Waals surface area contributed by atoms with Gasteiger partial charge in [-0.3, -0.25) is 19.2 Å². The van der Waals surface area contributed by atoms with Crippen molar-refractivity contribution >= 4 is 35.7 Å². The third kappa shape index (κ3) is 8.27. The summed E-state index contributed by atoms with van der Waals surface area (Å²) in [4.78, 5) is 46.5. The van der Waals surface area contributed by atoms with Crippen molar-refractivity contribution in [2.45, 2.75) is 19.3 Å². The third-order valence-electron chi connectivity index (χ3n) is 4.43. The molecule has 0 fully saturated rings. The fourth-order valence-corrected chi connectivity index (χ4v) is 2.72. The van der Waals surface area contributed by atoms with Crippen molar-refractivity contribution in [1.82, 2.24) is 0 Å². The second kappa shape index (κ2) is 12.6. The lowest BCUT2D eigenvalue weighted by Gasteiger charge is -2.09. The molecule has 0 radical (unpaired) electrons. The summed E-state index contributed by atoms with van der Waals surface area (Å²) >= 11 is 0. The number of carboxylic acids is 1. The van der Waals surface area contributed by atoms with Crippen molar-refractivity contribution in [2.75, 3.05) is 14.2 Å². The summed E-state index contributed by atoms with van der Waals surface area (Å²) < 4.78 is 15.3. The Balaban J connectivity index is 1.96. The number of carbonyl (C=O) groups excluding carboxylic acids is 3. The number of carbonyl (C=O) groups is 4. The number of ether oxygens (including phenoxy) is 3. The Morgan fingerprint density at radius 3 is 1.91 bits per heavy atom. The van der Waals surface area contributed by atoms with Crippen molar-refractivity contribution in [1.29, 1.82) is 0 Å². The van der Waals surface area contributed by atoms with E-state index in [1.165, 1.54) is 56.7 Å². The van der Waals surface area contributed by atoms with E-state index in [0.29, 0.717) is 11.1 Å². The van der Waals surface area contributed by atoms with Crippen LogP contribution in [0.25, 0.3) is 12.2 Å². The molecule has 0 aliphatic heterocycles. The Kier molecular flexibility index (Phi) is 9.57. The summed E-state index contributed by atoms with van der Waals surface area (Å²) in [6.45, 7) is 0. The topological polar surface area (TPSA) is 136 Å². The number of carboxylic acid groups (broad SMARTS) is 1. The van der Waals surface area contributed by atoms with Crippen molar-refractivity contribution in [3.63, 3.8) is 0 Å². The molecule has 2 aromatic carbocycles. The van der Waals surface area contributed by atoms with Crippen LogP contribution >= 0.6 is 0 Å². The van der Waals surface area contributed by atoms with Gasteiger partial charge in [0.25, 0.3) is 0 Å². The molecular weight excluding hydrogens is 444 g/mol. The Bertz CT molecular complexity index is 1130. The van der Waals surface area contributed by atoms with Crippen LogP contribution in [0.3, 0.4) is 0 Å². The molecule has 0 heterocycles.